The third kappa shape index (κ3) is 2.26. The summed E-state index contributed by atoms with van der Waals surface area (Å²) in [4.78, 5) is 4.03. The summed E-state index contributed by atoms with van der Waals surface area (Å²) in [7, 11) is -0.377. The Morgan fingerprint density at radius 1 is 1.38 bits per heavy atom. The summed E-state index contributed by atoms with van der Waals surface area (Å²) in [6.07, 6.45) is 1.32. The molecule has 6 heteroatoms. The van der Waals surface area contributed by atoms with E-state index in [2.05, 4.69) is 20.9 Å². The van der Waals surface area contributed by atoms with E-state index in [0.29, 0.717) is 4.60 Å². The number of sulfonamides is 1. The highest BCUT2D eigenvalue weighted by Crippen LogP contribution is 2.13. The largest absolute Gasteiger partial charge is 0.248 e. The van der Waals surface area contributed by atoms with Crippen LogP contribution in [0.3, 0.4) is 0 Å². The molecule has 0 unspecified atom stereocenters. The molecule has 4 nitrogen and oxygen atoms in total. The lowest BCUT2D eigenvalue weighted by Gasteiger charge is -2.10. The third-order valence-electron chi connectivity index (χ3n) is 1.48. The molecule has 1 aromatic rings. The highest BCUT2D eigenvalue weighted by molar-refractivity contribution is 9.10. The van der Waals surface area contributed by atoms with Crippen molar-refractivity contribution < 1.29 is 8.42 Å². The van der Waals surface area contributed by atoms with Gasteiger partial charge >= 0.3 is 0 Å². The van der Waals surface area contributed by atoms with Gasteiger partial charge in [0.2, 0.25) is 10.0 Å². The van der Waals surface area contributed by atoms with Gasteiger partial charge in [-0.2, -0.15) is 0 Å². The molecule has 0 aliphatic carbocycles. The molecule has 0 atom stereocenters. The number of hydrogen-bond acceptors (Lipinski definition) is 3. The average molecular weight is 265 g/mol. The number of hydrogen-bond donors (Lipinski definition) is 0. The fourth-order valence-corrected chi connectivity index (χ4v) is 1.81. The lowest BCUT2D eigenvalue weighted by atomic mass is 10.5. The summed E-state index contributed by atoms with van der Waals surface area (Å²) in [6.45, 7) is 0. The van der Waals surface area contributed by atoms with E-state index in [9.17, 15) is 8.42 Å². The van der Waals surface area contributed by atoms with Crippen LogP contribution in [0.4, 0.5) is 0 Å². The van der Waals surface area contributed by atoms with Crippen LogP contribution < -0.4 is 0 Å². The van der Waals surface area contributed by atoms with Gasteiger partial charge in [0.1, 0.15) is 9.50 Å². The van der Waals surface area contributed by atoms with E-state index >= 15 is 0 Å². The fourth-order valence-electron chi connectivity index (χ4n) is 0.726. The average Bonchev–Trinajstić information content (AvgIpc) is 2.04. The van der Waals surface area contributed by atoms with Crippen LogP contribution in [-0.2, 0) is 10.0 Å². The van der Waals surface area contributed by atoms with Gasteiger partial charge in [-0.15, -0.1) is 0 Å². The Kier molecular flexibility index (Phi) is 3.05. The SMILES string of the molecule is CN(C)S(=O)(=O)c1ccc(Br)nc1. The molecule has 13 heavy (non-hydrogen) atoms. The van der Waals surface area contributed by atoms with Crippen LogP contribution in [0.25, 0.3) is 0 Å². The first kappa shape index (κ1) is 10.6. The quantitative estimate of drug-likeness (QED) is 0.752. The number of pyridine rings is 1. The van der Waals surface area contributed by atoms with Gasteiger partial charge in [0.15, 0.2) is 0 Å². The monoisotopic (exact) mass is 264 g/mol. The molecule has 0 fully saturated rings. The van der Waals surface area contributed by atoms with Crippen LogP contribution >= 0.6 is 15.9 Å². The van der Waals surface area contributed by atoms with Gasteiger partial charge in [0.25, 0.3) is 0 Å². The molecule has 0 aliphatic heterocycles. The van der Waals surface area contributed by atoms with Crippen LogP contribution in [0.1, 0.15) is 0 Å². The molecule has 0 radical (unpaired) electrons. The van der Waals surface area contributed by atoms with Crippen LogP contribution in [0.2, 0.25) is 0 Å². The highest BCUT2D eigenvalue weighted by atomic mass is 79.9. The van der Waals surface area contributed by atoms with Crippen molar-refractivity contribution in [1.29, 1.82) is 0 Å². The Morgan fingerprint density at radius 3 is 2.38 bits per heavy atom. The Morgan fingerprint density at radius 2 is 2.00 bits per heavy atom. The first-order chi connectivity index (χ1) is 5.94. The van der Waals surface area contributed by atoms with Crippen molar-refractivity contribution in [2.75, 3.05) is 14.1 Å². The topological polar surface area (TPSA) is 50.3 Å². The predicted octanol–water partition coefficient (Wildman–Crippen LogP) is 1.09. The highest BCUT2D eigenvalue weighted by Gasteiger charge is 2.16. The van der Waals surface area contributed by atoms with Crippen LogP contribution in [0.15, 0.2) is 27.8 Å². The second-order valence-electron chi connectivity index (χ2n) is 2.60. The van der Waals surface area contributed by atoms with Crippen molar-refractivity contribution in [1.82, 2.24) is 9.29 Å². The first-order valence-electron chi connectivity index (χ1n) is 3.48. The van der Waals surface area contributed by atoms with Crippen LogP contribution in [0, 0.1) is 0 Å². The summed E-state index contributed by atoms with van der Waals surface area (Å²) in [5.74, 6) is 0. The fraction of sp³-hybridized carbons (Fsp3) is 0.286. The molecule has 0 saturated heterocycles. The third-order valence-corrected chi connectivity index (χ3v) is 3.75. The molecular weight excluding hydrogens is 256 g/mol. The summed E-state index contributed by atoms with van der Waals surface area (Å²) in [5.41, 5.74) is 0. The van der Waals surface area contributed by atoms with Crippen molar-refractivity contribution in [3.8, 4) is 0 Å². The zero-order valence-electron chi connectivity index (χ0n) is 7.23. The van der Waals surface area contributed by atoms with Crippen molar-refractivity contribution in [2.45, 2.75) is 4.90 Å². The van der Waals surface area contributed by atoms with Crippen LogP contribution in [0.5, 0.6) is 0 Å². The maximum atomic E-state index is 11.5. The van der Waals surface area contributed by atoms with E-state index < -0.39 is 10.0 Å². The van der Waals surface area contributed by atoms with Gasteiger partial charge in [0.05, 0.1) is 0 Å². The molecule has 1 heterocycles. The van der Waals surface area contributed by atoms with Gasteiger partial charge in [-0.25, -0.2) is 17.7 Å². The van der Waals surface area contributed by atoms with Crippen molar-refractivity contribution in [2.24, 2.45) is 0 Å². The zero-order valence-corrected chi connectivity index (χ0v) is 9.63. The van der Waals surface area contributed by atoms with Gasteiger partial charge in [0, 0.05) is 20.3 Å². The van der Waals surface area contributed by atoms with E-state index in [1.807, 2.05) is 0 Å². The van der Waals surface area contributed by atoms with Crippen LogP contribution in [-0.4, -0.2) is 31.8 Å². The maximum Gasteiger partial charge on any atom is 0.244 e. The second-order valence-corrected chi connectivity index (χ2v) is 5.57. The molecule has 1 aromatic heterocycles. The van der Waals surface area contributed by atoms with Gasteiger partial charge in [-0.1, -0.05) is 0 Å². The minimum Gasteiger partial charge on any atom is -0.248 e. The maximum absolute atomic E-state index is 11.5. The summed E-state index contributed by atoms with van der Waals surface area (Å²) >= 11 is 3.13. The molecule has 0 N–H and O–H groups in total. The Balaban J connectivity index is 3.17. The Labute approximate surface area is 85.8 Å². The van der Waals surface area contributed by atoms with E-state index in [1.165, 1.54) is 26.4 Å². The standard InChI is InChI=1S/C7H9BrN2O2S/c1-10(2)13(11,12)6-3-4-7(8)9-5-6/h3-5H,1-2H3. The van der Waals surface area contributed by atoms with E-state index in [1.54, 1.807) is 6.07 Å². The molecule has 72 valence electrons. The zero-order chi connectivity index (χ0) is 10.1. The molecule has 0 aromatic carbocycles. The minimum atomic E-state index is -3.34. The van der Waals surface area contributed by atoms with Gasteiger partial charge in [-0.3, -0.25) is 0 Å². The normalized spacial score (nSPS) is 12.0. The number of nitrogens with zero attached hydrogens (tertiary/aromatic N) is 2. The number of halogens is 1. The van der Waals surface area contributed by atoms with Gasteiger partial charge in [-0.05, 0) is 28.1 Å². The predicted molar refractivity (Wildman–Crippen MR) is 52.8 cm³/mol. The molecule has 1 rings (SSSR count). The summed E-state index contributed by atoms with van der Waals surface area (Å²) in [5, 5.41) is 0. The molecule has 0 saturated carbocycles. The Hall–Kier alpha value is -0.460. The molecule has 0 bridgehead atoms. The van der Waals surface area contributed by atoms with Crippen molar-refractivity contribution >= 4 is 26.0 Å². The van der Waals surface area contributed by atoms with E-state index in [-0.39, 0.29) is 4.90 Å². The molecule has 0 aliphatic rings. The first-order valence-corrected chi connectivity index (χ1v) is 5.72. The van der Waals surface area contributed by atoms with Crippen molar-refractivity contribution in [3.63, 3.8) is 0 Å². The lowest BCUT2D eigenvalue weighted by molar-refractivity contribution is 0.520. The summed E-state index contributed by atoms with van der Waals surface area (Å²) < 4.78 is 24.8. The van der Waals surface area contributed by atoms with E-state index in [0.717, 1.165) is 4.31 Å². The molecule has 0 amide bonds. The van der Waals surface area contributed by atoms with Gasteiger partial charge < -0.3 is 0 Å². The Bertz CT molecular complexity index is 385. The second kappa shape index (κ2) is 3.73. The lowest BCUT2D eigenvalue weighted by Crippen LogP contribution is -2.22. The smallest absolute Gasteiger partial charge is 0.244 e. The molecule has 0 spiro atoms. The van der Waals surface area contributed by atoms with Crippen molar-refractivity contribution in [3.05, 3.63) is 22.9 Å². The summed E-state index contributed by atoms with van der Waals surface area (Å²) in [6, 6.07) is 3.10. The number of rotatable bonds is 2. The van der Waals surface area contributed by atoms with E-state index in [4.69, 9.17) is 0 Å². The minimum absolute atomic E-state index is 0.195. The molecular formula is C7H9BrN2O2S. The number of aromatic nitrogens is 1.